The molecule has 0 bridgehead atoms. The van der Waals surface area contributed by atoms with E-state index in [-0.39, 0.29) is 11.3 Å². The summed E-state index contributed by atoms with van der Waals surface area (Å²) in [5.41, 5.74) is 1.18. The van der Waals surface area contributed by atoms with Crippen molar-refractivity contribution in [1.29, 1.82) is 5.26 Å². The number of nitrogens with one attached hydrogen (secondary N) is 1. The largest absolute Gasteiger partial charge is 0.504 e. The van der Waals surface area contributed by atoms with Crippen LogP contribution >= 0.6 is 45.2 Å². The molecule has 0 saturated carbocycles. The van der Waals surface area contributed by atoms with Crippen LogP contribution in [0.5, 0.6) is 11.5 Å². The Balaban J connectivity index is 2.30. The molecule has 1 amide bonds. The number of hydrogen-bond acceptors (Lipinski definition) is 4. The normalized spacial score (nSPS) is 10.9. The second-order valence-electron chi connectivity index (χ2n) is 4.92. The van der Waals surface area contributed by atoms with Crippen molar-refractivity contribution < 1.29 is 14.6 Å². The lowest BCUT2D eigenvalue weighted by Crippen LogP contribution is -2.13. The van der Waals surface area contributed by atoms with E-state index >= 15 is 0 Å². The summed E-state index contributed by atoms with van der Waals surface area (Å²) in [5.74, 6) is -0.136. The maximum atomic E-state index is 12.3. The van der Waals surface area contributed by atoms with Crippen LogP contribution in [0.4, 0.5) is 5.69 Å². The maximum Gasteiger partial charge on any atom is 0.266 e. The van der Waals surface area contributed by atoms with Crippen molar-refractivity contribution in [2.45, 2.75) is 6.92 Å². The van der Waals surface area contributed by atoms with Crippen LogP contribution in [0.25, 0.3) is 6.08 Å². The smallest absolute Gasteiger partial charge is 0.266 e. The van der Waals surface area contributed by atoms with Gasteiger partial charge in [-0.05, 0) is 94.1 Å². The third-order valence-corrected chi connectivity index (χ3v) is 4.60. The zero-order chi connectivity index (χ0) is 18.4. The molecule has 5 nitrogen and oxygen atoms in total. The highest BCUT2D eigenvalue weighted by molar-refractivity contribution is 14.1. The highest BCUT2D eigenvalue weighted by Gasteiger charge is 2.13. The van der Waals surface area contributed by atoms with Crippen LogP contribution in [0.3, 0.4) is 0 Å². The van der Waals surface area contributed by atoms with Crippen molar-refractivity contribution >= 4 is 62.9 Å². The molecule has 0 radical (unpaired) electrons. The minimum Gasteiger partial charge on any atom is -0.504 e. The molecular formula is C18H14I2N2O3. The van der Waals surface area contributed by atoms with Gasteiger partial charge in [0.05, 0.1) is 10.2 Å². The number of benzene rings is 2. The van der Waals surface area contributed by atoms with Crippen molar-refractivity contribution in [3.8, 4) is 17.6 Å². The Kier molecular flexibility index (Phi) is 7.07. The van der Waals surface area contributed by atoms with Gasteiger partial charge in [0.2, 0.25) is 0 Å². The molecule has 0 fully saturated rings. The molecule has 0 aromatic heterocycles. The number of phenolic OH excluding ortho intramolecular Hbond substituents is 1. The average Bonchev–Trinajstić information content (AvgIpc) is 2.57. The molecule has 2 aromatic carbocycles. The van der Waals surface area contributed by atoms with Crippen LogP contribution in [0, 0.1) is 18.5 Å². The van der Waals surface area contributed by atoms with Crippen molar-refractivity contribution in [3.63, 3.8) is 0 Å². The number of ether oxygens (including phenoxy) is 1. The Labute approximate surface area is 173 Å². The van der Waals surface area contributed by atoms with Crippen LogP contribution in [-0.2, 0) is 4.79 Å². The predicted octanol–water partition coefficient (Wildman–Crippen LogP) is 4.55. The second kappa shape index (κ2) is 9.05. The second-order valence-corrected chi connectivity index (χ2v) is 7.32. The van der Waals surface area contributed by atoms with Gasteiger partial charge in [-0.25, -0.2) is 0 Å². The molecule has 2 aromatic rings. The highest BCUT2D eigenvalue weighted by Crippen LogP contribution is 2.33. The maximum absolute atomic E-state index is 12.3. The summed E-state index contributed by atoms with van der Waals surface area (Å²) in [5, 5.41) is 22.0. The first-order valence-electron chi connectivity index (χ1n) is 7.28. The van der Waals surface area contributed by atoms with Gasteiger partial charge in [0.1, 0.15) is 11.6 Å². The first-order chi connectivity index (χ1) is 11.9. The van der Waals surface area contributed by atoms with Crippen molar-refractivity contribution in [1.82, 2.24) is 0 Å². The van der Waals surface area contributed by atoms with Gasteiger partial charge >= 0.3 is 0 Å². The monoisotopic (exact) mass is 560 g/mol. The van der Waals surface area contributed by atoms with Gasteiger partial charge in [-0.3, -0.25) is 4.79 Å². The Bertz CT molecular complexity index is 873. The number of amides is 1. The fourth-order valence-corrected chi connectivity index (χ4v) is 3.19. The summed E-state index contributed by atoms with van der Waals surface area (Å²) in [4.78, 5) is 12.3. The standard InChI is InChI=1S/C18H14I2N2O3/c1-2-25-16-8-11(7-15(20)17(16)23)6-12(10-21)18(24)22-14-5-3-4-13(19)9-14/h3-9,23H,2H2,1H3,(H,22,24)/b12-6+. The fraction of sp³-hybridized carbons (Fsp3) is 0.111. The number of aromatic hydroxyl groups is 1. The number of hydrogen-bond donors (Lipinski definition) is 2. The minimum atomic E-state index is -0.495. The average molecular weight is 560 g/mol. The Hall–Kier alpha value is -1.80. The SMILES string of the molecule is CCOc1cc(/C=C(\C#N)C(=O)Nc2cccc(I)c2)cc(I)c1O. The van der Waals surface area contributed by atoms with E-state index in [2.05, 4.69) is 27.9 Å². The van der Waals surface area contributed by atoms with E-state index in [1.165, 1.54) is 6.08 Å². The van der Waals surface area contributed by atoms with Crippen LogP contribution in [0.2, 0.25) is 0 Å². The Morgan fingerprint density at radius 1 is 1.36 bits per heavy atom. The number of carbonyl (C=O) groups excluding carboxylic acids is 1. The van der Waals surface area contributed by atoms with Gasteiger partial charge in [0.15, 0.2) is 11.5 Å². The highest BCUT2D eigenvalue weighted by atomic mass is 127. The molecule has 25 heavy (non-hydrogen) atoms. The van der Waals surface area contributed by atoms with Gasteiger partial charge in [-0.15, -0.1) is 0 Å². The molecular weight excluding hydrogens is 546 g/mol. The third-order valence-electron chi connectivity index (χ3n) is 3.11. The van der Waals surface area contributed by atoms with Crippen LogP contribution < -0.4 is 10.1 Å². The molecule has 0 unspecified atom stereocenters. The lowest BCUT2D eigenvalue weighted by molar-refractivity contribution is -0.112. The van der Waals surface area contributed by atoms with Gasteiger partial charge in [-0.1, -0.05) is 6.07 Å². The molecule has 0 aliphatic carbocycles. The number of halogens is 2. The van der Waals surface area contributed by atoms with Crippen LogP contribution in [0.1, 0.15) is 12.5 Å². The molecule has 0 heterocycles. The summed E-state index contributed by atoms with van der Waals surface area (Å²) in [6.07, 6.45) is 1.47. The minimum absolute atomic E-state index is 0.0391. The van der Waals surface area contributed by atoms with E-state index in [1.54, 1.807) is 18.2 Å². The van der Waals surface area contributed by atoms with Crippen molar-refractivity contribution in [3.05, 3.63) is 54.7 Å². The lowest BCUT2D eigenvalue weighted by Gasteiger charge is -2.09. The number of nitriles is 1. The summed E-state index contributed by atoms with van der Waals surface area (Å²) >= 11 is 4.12. The quantitative estimate of drug-likeness (QED) is 0.320. The number of rotatable bonds is 5. The molecule has 0 spiro atoms. The molecule has 0 saturated heterocycles. The zero-order valence-corrected chi connectivity index (χ0v) is 17.5. The van der Waals surface area contributed by atoms with E-state index in [4.69, 9.17) is 4.74 Å². The number of carbonyl (C=O) groups is 1. The van der Waals surface area contributed by atoms with Crippen molar-refractivity contribution in [2.24, 2.45) is 0 Å². The van der Waals surface area contributed by atoms with E-state index in [9.17, 15) is 15.2 Å². The van der Waals surface area contributed by atoms with E-state index in [1.807, 2.05) is 53.8 Å². The summed E-state index contributed by atoms with van der Waals surface area (Å²) in [6, 6.07) is 12.5. The first-order valence-corrected chi connectivity index (χ1v) is 9.44. The zero-order valence-electron chi connectivity index (χ0n) is 13.2. The van der Waals surface area contributed by atoms with E-state index < -0.39 is 5.91 Å². The Morgan fingerprint density at radius 3 is 2.76 bits per heavy atom. The predicted molar refractivity (Wildman–Crippen MR) is 113 cm³/mol. The van der Waals surface area contributed by atoms with E-state index in [0.29, 0.717) is 27.2 Å². The molecule has 0 atom stereocenters. The van der Waals surface area contributed by atoms with Gasteiger partial charge in [0.25, 0.3) is 5.91 Å². The molecule has 0 aliphatic rings. The van der Waals surface area contributed by atoms with Crippen molar-refractivity contribution in [2.75, 3.05) is 11.9 Å². The van der Waals surface area contributed by atoms with E-state index in [0.717, 1.165) is 3.57 Å². The fourth-order valence-electron chi connectivity index (χ4n) is 2.02. The molecule has 7 heteroatoms. The first kappa shape index (κ1) is 19.5. The topological polar surface area (TPSA) is 82.3 Å². The van der Waals surface area contributed by atoms with Crippen LogP contribution in [0.15, 0.2) is 42.0 Å². The van der Waals surface area contributed by atoms with Gasteiger partial charge in [-0.2, -0.15) is 5.26 Å². The Morgan fingerprint density at radius 2 is 2.12 bits per heavy atom. The summed E-state index contributed by atoms with van der Waals surface area (Å²) in [7, 11) is 0. The van der Waals surface area contributed by atoms with Gasteiger partial charge < -0.3 is 15.2 Å². The summed E-state index contributed by atoms with van der Waals surface area (Å²) < 4.78 is 6.93. The van der Waals surface area contributed by atoms with Gasteiger partial charge in [0, 0.05) is 9.26 Å². The number of nitrogens with zero attached hydrogens (tertiary/aromatic N) is 1. The molecule has 2 rings (SSSR count). The summed E-state index contributed by atoms with van der Waals surface area (Å²) in [6.45, 7) is 2.21. The molecule has 0 aliphatic heterocycles. The van der Waals surface area contributed by atoms with Crippen LogP contribution in [-0.4, -0.2) is 17.6 Å². The lowest BCUT2D eigenvalue weighted by atomic mass is 10.1. The third kappa shape index (κ3) is 5.34. The number of phenols is 1. The molecule has 128 valence electrons. The number of anilines is 1. The molecule has 2 N–H and O–H groups in total.